The van der Waals surface area contributed by atoms with Gasteiger partial charge in [-0.25, -0.2) is 17.5 Å². The van der Waals surface area contributed by atoms with Gasteiger partial charge >= 0.3 is 6.18 Å². The molecule has 2 aromatic carbocycles. The van der Waals surface area contributed by atoms with E-state index >= 15 is 0 Å². The summed E-state index contributed by atoms with van der Waals surface area (Å²) < 4.78 is 84.7. The minimum atomic E-state index is -5.16. The van der Waals surface area contributed by atoms with Crippen molar-refractivity contribution >= 4 is 10.0 Å². The number of rotatable bonds is 6. The third-order valence-corrected chi connectivity index (χ3v) is 5.08. The van der Waals surface area contributed by atoms with Gasteiger partial charge < -0.3 is 9.84 Å². The fraction of sp³-hybridized carbons (Fsp3) is 0.250. The molecule has 0 saturated heterocycles. The van der Waals surface area contributed by atoms with Gasteiger partial charge in [0.1, 0.15) is 16.5 Å². The van der Waals surface area contributed by atoms with Crippen molar-refractivity contribution in [1.82, 2.24) is 4.72 Å². The number of nitrogens with one attached hydrogen (secondary N) is 1. The van der Waals surface area contributed by atoms with Crippen LogP contribution in [0.25, 0.3) is 0 Å². The predicted molar refractivity (Wildman–Crippen MR) is 84.5 cm³/mol. The zero-order valence-electron chi connectivity index (χ0n) is 13.4. The molecule has 0 heterocycles. The second kappa shape index (κ2) is 7.22. The highest BCUT2D eigenvalue weighted by atomic mass is 32.2. The largest absolute Gasteiger partial charge is 0.495 e. The summed E-state index contributed by atoms with van der Waals surface area (Å²) in [7, 11) is -3.47. The molecule has 142 valence electrons. The van der Waals surface area contributed by atoms with Crippen LogP contribution >= 0.6 is 0 Å². The Balaban J connectivity index is 2.39. The van der Waals surface area contributed by atoms with Gasteiger partial charge in [-0.1, -0.05) is 30.3 Å². The van der Waals surface area contributed by atoms with E-state index in [1.807, 2.05) is 0 Å². The van der Waals surface area contributed by atoms with Gasteiger partial charge in [0.05, 0.1) is 13.7 Å². The summed E-state index contributed by atoms with van der Waals surface area (Å²) in [6.45, 7) is -1.40. The number of alkyl halides is 3. The standard InChI is InChI=1S/C16H15F4NO4S/c1-25-13-8-7-12(17)9-14(13)26(23,24)21-10-15(22,16(18,19)20)11-5-3-2-4-6-11/h2-9,21-22H,10H2,1H3. The van der Waals surface area contributed by atoms with Gasteiger partial charge in [-0.3, -0.25) is 0 Å². The van der Waals surface area contributed by atoms with Gasteiger partial charge in [-0.2, -0.15) is 13.2 Å². The van der Waals surface area contributed by atoms with Gasteiger partial charge in [0, 0.05) is 0 Å². The molecule has 26 heavy (non-hydrogen) atoms. The Morgan fingerprint density at radius 1 is 1.12 bits per heavy atom. The second-order valence-electron chi connectivity index (χ2n) is 5.34. The van der Waals surface area contributed by atoms with E-state index in [-0.39, 0.29) is 5.75 Å². The lowest BCUT2D eigenvalue weighted by atomic mass is 9.93. The molecule has 2 N–H and O–H groups in total. The van der Waals surface area contributed by atoms with E-state index in [2.05, 4.69) is 0 Å². The van der Waals surface area contributed by atoms with E-state index < -0.39 is 44.6 Å². The van der Waals surface area contributed by atoms with Crippen molar-refractivity contribution < 1.29 is 35.8 Å². The molecule has 5 nitrogen and oxygen atoms in total. The molecule has 0 radical (unpaired) electrons. The highest BCUT2D eigenvalue weighted by Crippen LogP contribution is 2.38. The fourth-order valence-corrected chi connectivity index (χ4v) is 3.46. The van der Waals surface area contributed by atoms with E-state index in [1.165, 1.54) is 18.2 Å². The third-order valence-electron chi connectivity index (χ3n) is 3.65. The molecule has 1 unspecified atom stereocenters. The first kappa shape index (κ1) is 20.1. The zero-order valence-corrected chi connectivity index (χ0v) is 14.2. The van der Waals surface area contributed by atoms with E-state index in [1.54, 1.807) is 4.72 Å². The normalized spacial score (nSPS) is 14.7. The molecule has 0 aliphatic carbocycles. The number of methoxy groups -OCH3 is 1. The Morgan fingerprint density at radius 2 is 1.73 bits per heavy atom. The van der Waals surface area contributed by atoms with Crippen LogP contribution in [0.15, 0.2) is 53.4 Å². The quantitative estimate of drug-likeness (QED) is 0.740. The van der Waals surface area contributed by atoms with Crippen LogP contribution in [0, 0.1) is 5.82 Å². The number of hydrogen-bond donors (Lipinski definition) is 2. The Hall–Kier alpha value is -2.17. The van der Waals surface area contributed by atoms with Crippen LogP contribution < -0.4 is 9.46 Å². The average Bonchev–Trinajstić information content (AvgIpc) is 2.59. The maximum Gasteiger partial charge on any atom is 0.422 e. The second-order valence-corrected chi connectivity index (χ2v) is 7.08. The smallest absolute Gasteiger partial charge is 0.422 e. The third kappa shape index (κ3) is 3.97. The highest BCUT2D eigenvalue weighted by Gasteiger charge is 2.55. The molecule has 0 spiro atoms. The maximum atomic E-state index is 13.4. The van der Waals surface area contributed by atoms with Crippen molar-refractivity contribution in [3.8, 4) is 5.75 Å². The van der Waals surface area contributed by atoms with Crippen molar-refractivity contribution in [3.05, 3.63) is 59.9 Å². The fourth-order valence-electron chi connectivity index (χ4n) is 2.22. The lowest BCUT2D eigenvalue weighted by Crippen LogP contribution is -2.51. The molecule has 1 atom stereocenters. The molecular weight excluding hydrogens is 378 g/mol. The first-order valence-corrected chi connectivity index (χ1v) is 8.67. The highest BCUT2D eigenvalue weighted by molar-refractivity contribution is 7.89. The first-order chi connectivity index (χ1) is 12.0. The van der Waals surface area contributed by atoms with Crippen LogP contribution in [-0.2, 0) is 15.6 Å². The maximum absolute atomic E-state index is 13.4. The summed E-state index contributed by atoms with van der Waals surface area (Å²) >= 11 is 0. The summed E-state index contributed by atoms with van der Waals surface area (Å²) in [6, 6.07) is 8.60. The van der Waals surface area contributed by atoms with Gasteiger partial charge in [-0.05, 0) is 23.8 Å². The van der Waals surface area contributed by atoms with E-state index in [0.717, 1.165) is 31.4 Å². The van der Waals surface area contributed by atoms with Gasteiger partial charge in [0.25, 0.3) is 0 Å². The molecular formula is C16H15F4NO4S. The average molecular weight is 393 g/mol. The number of ether oxygens (including phenoxy) is 1. The summed E-state index contributed by atoms with van der Waals surface area (Å²) in [5.74, 6) is -1.17. The van der Waals surface area contributed by atoms with Gasteiger partial charge in [0.2, 0.25) is 10.0 Å². The molecule has 0 amide bonds. The molecule has 10 heteroatoms. The van der Waals surface area contributed by atoms with Crippen LogP contribution in [0.4, 0.5) is 17.6 Å². The minimum Gasteiger partial charge on any atom is -0.495 e. The molecule has 0 fully saturated rings. The van der Waals surface area contributed by atoms with Crippen LogP contribution in [0.3, 0.4) is 0 Å². The van der Waals surface area contributed by atoms with Crippen molar-refractivity contribution in [2.45, 2.75) is 16.7 Å². The van der Waals surface area contributed by atoms with E-state index in [9.17, 15) is 31.1 Å². The molecule has 2 aromatic rings. The summed E-state index contributed by atoms with van der Waals surface area (Å²) in [5, 5.41) is 10.2. The molecule has 0 aliphatic heterocycles. The number of sulfonamides is 1. The van der Waals surface area contributed by atoms with E-state index in [0.29, 0.717) is 6.07 Å². The topological polar surface area (TPSA) is 75.6 Å². The lowest BCUT2D eigenvalue weighted by molar-refractivity contribution is -0.263. The van der Waals surface area contributed by atoms with Crippen LogP contribution in [0.1, 0.15) is 5.56 Å². The molecule has 2 rings (SSSR count). The summed E-state index contributed by atoms with van der Waals surface area (Å²) in [4.78, 5) is -0.683. The van der Waals surface area contributed by atoms with E-state index in [4.69, 9.17) is 4.74 Å². The minimum absolute atomic E-state index is 0.255. The number of benzene rings is 2. The Labute approximate surface area is 147 Å². The van der Waals surface area contributed by atoms with Crippen molar-refractivity contribution in [2.24, 2.45) is 0 Å². The predicted octanol–water partition coefficient (Wildman–Crippen LogP) is 2.56. The monoisotopic (exact) mass is 393 g/mol. The first-order valence-electron chi connectivity index (χ1n) is 7.19. The van der Waals surface area contributed by atoms with Crippen molar-refractivity contribution in [3.63, 3.8) is 0 Å². The number of hydrogen-bond acceptors (Lipinski definition) is 4. The Kier molecular flexibility index (Phi) is 5.59. The van der Waals surface area contributed by atoms with Gasteiger partial charge in [0.15, 0.2) is 5.60 Å². The Bertz CT molecular complexity index is 872. The van der Waals surface area contributed by atoms with Crippen LogP contribution in [0.2, 0.25) is 0 Å². The van der Waals surface area contributed by atoms with Crippen LogP contribution in [-0.4, -0.2) is 33.4 Å². The molecule has 0 aromatic heterocycles. The van der Waals surface area contributed by atoms with Crippen molar-refractivity contribution in [2.75, 3.05) is 13.7 Å². The number of aliphatic hydroxyl groups is 1. The van der Waals surface area contributed by atoms with Crippen LogP contribution in [0.5, 0.6) is 5.75 Å². The zero-order chi connectivity index (χ0) is 19.6. The molecule has 0 bridgehead atoms. The number of halogens is 4. The molecule has 0 saturated carbocycles. The molecule has 0 aliphatic rings. The summed E-state index contributed by atoms with van der Waals surface area (Å²) in [6.07, 6.45) is -5.16. The van der Waals surface area contributed by atoms with Crippen molar-refractivity contribution in [1.29, 1.82) is 0 Å². The summed E-state index contributed by atoms with van der Waals surface area (Å²) in [5.41, 5.74) is -4.01. The Morgan fingerprint density at radius 3 is 2.27 bits per heavy atom. The SMILES string of the molecule is COc1ccc(F)cc1S(=O)(=O)NCC(O)(c1ccccc1)C(F)(F)F. The lowest BCUT2D eigenvalue weighted by Gasteiger charge is -2.31. The van der Waals surface area contributed by atoms with Gasteiger partial charge in [-0.15, -0.1) is 0 Å².